The first-order chi connectivity index (χ1) is 15.1. The third-order valence-corrected chi connectivity index (χ3v) is 5.69. The first kappa shape index (κ1) is 27.9. The van der Waals surface area contributed by atoms with Crippen LogP contribution in [0.3, 0.4) is 0 Å². The summed E-state index contributed by atoms with van der Waals surface area (Å²) in [6.45, 7) is 6.88. The van der Waals surface area contributed by atoms with Crippen LogP contribution in [0.2, 0.25) is 13.1 Å². The molecule has 0 unspecified atom stereocenters. The molecule has 0 saturated heterocycles. The van der Waals surface area contributed by atoms with Gasteiger partial charge in [-0.25, -0.2) is 0 Å². The van der Waals surface area contributed by atoms with Gasteiger partial charge in [-0.3, -0.25) is 0 Å². The summed E-state index contributed by atoms with van der Waals surface area (Å²) in [7, 11) is 0. The maximum atomic E-state index is 2.41. The summed E-state index contributed by atoms with van der Waals surface area (Å²) in [5, 5.41) is 8.04. The quantitative estimate of drug-likeness (QED) is 0.178. The minimum Gasteiger partial charge on any atom is -1.00 e. The molecule has 33 heavy (non-hydrogen) atoms. The Morgan fingerprint density at radius 2 is 1.36 bits per heavy atom. The van der Waals surface area contributed by atoms with Crippen LogP contribution in [-0.4, -0.2) is 5.43 Å². The van der Waals surface area contributed by atoms with Gasteiger partial charge in [-0.1, -0.05) is 79.9 Å². The summed E-state index contributed by atoms with van der Waals surface area (Å²) in [6.07, 6.45) is 3.66. The Balaban J connectivity index is 0.000000597. The van der Waals surface area contributed by atoms with E-state index in [1.165, 1.54) is 68.3 Å². The van der Waals surface area contributed by atoms with Crippen LogP contribution >= 0.6 is 0 Å². The van der Waals surface area contributed by atoms with Gasteiger partial charge in [0.25, 0.3) is 0 Å². The fourth-order valence-electron chi connectivity index (χ4n) is 4.33. The van der Waals surface area contributed by atoms with Crippen molar-refractivity contribution >= 4 is 37.8 Å². The van der Waals surface area contributed by atoms with Gasteiger partial charge in [0, 0.05) is 0 Å². The third-order valence-electron chi connectivity index (χ3n) is 5.69. The van der Waals surface area contributed by atoms with Crippen LogP contribution in [0.15, 0.2) is 84.9 Å². The molecule has 5 aromatic carbocycles. The van der Waals surface area contributed by atoms with Crippen molar-refractivity contribution in [3.05, 3.63) is 90.5 Å². The average molecular weight is 568 g/mol. The summed E-state index contributed by atoms with van der Waals surface area (Å²) in [4.78, 5) is 0. The van der Waals surface area contributed by atoms with Crippen molar-refractivity contribution in [2.45, 2.75) is 39.3 Å². The van der Waals surface area contributed by atoms with Gasteiger partial charge in [-0.15, -0.1) is 34.5 Å². The summed E-state index contributed by atoms with van der Waals surface area (Å²) in [5.41, 5.74) is 4.35. The molecule has 0 aliphatic rings. The molecule has 0 amide bonds. The van der Waals surface area contributed by atoms with E-state index in [9.17, 15) is 0 Å². The number of rotatable bonds is 4. The van der Waals surface area contributed by atoms with Gasteiger partial charge in [-0.05, 0) is 39.6 Å². The zero-order chi connectivity index (χ0) is 21.8. The van der Waals surface area contributed by atoms with Crippen molar-refractivity contribution in [1.29, 1.82) is 0 Å². The molecule has 0 atom stereocenters. The molecule has 0 N–H and O–H groups in total. The Morgan fingerprint density at radius 1 is 0.727 bits per heavy atom. The minimum absolute atomic E-state index is 0. The second-order valence-electron chi connectivity index (χ2n) is 8.47. The molecule has 0 aliphatic carbocycles. The van der Waals surface area contributed by atoms with E-state index in [4.69, 9.17) is 0 Å². The predicted molar refractivity (Wildman–Crippen MR) is 136 cm³/mol. The van der Waals surface area contributed by atoms with Crippen molar-refractivity contribution in [3.8, 4) is 11.1 Å². The first-order valence-electron chi connectivity index (χ1n) is 11.2. The van der Waals surface area contributed by atoms with Gasteiger partial charge in [0.05, 0.1) is 0 Å². The molecule has 4 heteroatoms. The van der Waals surface area contributed by atoms with Crippen molar-refractivity contribution < 1.29 is 48.1 Å². The summed E-state index contributed by atoms with van der Waals surface area (Å²) in [5.74, 6) is 0. The van der Waals surface area contributed by atoms with Gasteiger partial charge in [0.2, 0.25) is 0 Å². The molecule has 0 bridgehead atoms. The van der Waals surface area contributed by atoms with Crippen LogP contribution < -0.4 is 24.8 Å². The molecular weight excluding hydrogens is 539 g/mol. The SMILES string of the molecule is CCCCc1cc2c(-c3cc4ccccc4c4ccccc34)cccc2[cH-]1.C[Si](C)=[Zr+2].[Cl-].[Cl-]. The van der Waals surface area contributed by atoms with E-state index in [0.717, 1.165) is 0 Å². The van der Waals surface area contributed by atoms with Crippen molar-refractivity contribution in [3.63, 3.8) is 0 Å². The summed E-state index contributed by atoms with van der Waals surface area (Å²) in [6, 6.07) is 31.4. The molecular formula is C29H29Cl2SiZr-. The summed E-state index contributed by atoms with van der Waals surface area (Å²) < 4.78 is 0. The molecule has 0 fully saturated rings. The number of benzene rings is 4. The zero-order valence-electron chi connectivity index (χ0n) is 19.5. The number of halogens is 2. The second kappa shape index (κ2) is 13.0. The monoisotopic (exact) mass is 565 g/mol. The van der Waals surface area contributed by atoms with Crippen molar-refractivity contribution in [1.82, 2.24) is 0 Å². The van der Waals surface area contributed by atoms with E-state index >= 15 is 0 Å². The first-order valence-corrected chi connectivity index (χ1v) is 17.4. The predicted octanol–water partition coefficient (Wildman–Crippen LogP) is 2.67. The smallest absolute Gasteiger partial charge is 1.00 e. The van der Waals surface area contributed by atoms with Crippen LogP contribution in [-0.2, 0) is 29.8 Å². The number of hydrogen-bond donors (Lipinski definition) is 0. The number of fused-ring (bicyclic) bond motifs is 4. The third kappa shape index (κ3) is 6.43. The molecule has 0 saturated carbocycles. The minimum atomic E-state index is 0. The normalized spacial score (nSPS) is 10.3. The molecule has 0 nitrogen and oxygen atoms in total. The van der Waals surface area contributed by atoms with Gasteiger partial charge in [0.15, 0.2) is 0 Å². The Kier molecular flexibility index (Phi) is 11.0. The average Bonchev–Trinajstić information content (AvgIpc) is 3.20. The number of unbranched alkanes of at least 4 members (excludes halogenated alkanes) is 1. The van der Waals surface area contributed by atoms with E-state index in [1.54, 1.807) is 23.3 Å². The van der Waals surface area contributed by atoms with Gasteiger partial charge in [0.1, 0.15) is 0 Å². The van der Waals surface area contributed by atoms with E-state index in [0.29, 0.717) is 0 Å². The van der Waals surface area contributed by atoms with Crippen LogP contribution in [0.25, 0.3) is 43.4 Å². The Labute approximate surface area is 225 Å². The molecule has 0 spiro atoms. The fourth-order valence-corrected chi connectivity index (χ4v) is 4.33. The van der Waals surface area contributed by atoms with Crippen LogP contribution in [0.4, 0.5) is 0 Å². The van der Waals surface area contributed by atoms with Crippen LogP contribution in [0, 0.1) is 0 Å². The standard InChI is InChI=1S/C27H23.C2H6Si.2ClH.Zr/c1-2-3-9-19-16-20-11-8-15-25(26(20)17-19)27-18-21-10-4-5-12-22(21)23-13-6-7-14-24(23)27;1-3-2;;;/h4-8,10-18H,2-3,9H2,1H3;1-2H3;2*1H;/q-1;;;;+2/p-2. The molecule has 5 aromatic rings. The number of aryl methyl sites for hydroxylation is 1. The fraction of sp³-hybridized carbons (Fsp3) is 0.207. The molecule has 5 rings (SSSR count). The van der Waals surface area contributed by atoms with Gasteiger partial charge in [-0.2, -0.15) is 6.07 Å². The maximum absolute atomic E-state index is 2.41. The number of hydrogen-bond acceptors (Lipinski definition) is 0. The van der Waals surface area contributed by atoms with Crippen LogP contribution in [0.1, 0.15) is 25.3 Å². The molecule has 0 aliphatic heterocycles. The maximum Gasteiger partial charge on any atom is -1.00 e. The van der Waals surface area contributed by atoms with E-state index in [-0.39, 0.29) is 30.2 Å². The van der Waals surface area contributed by atoms with E-state index in [1.807, 2.05) is 0 Å². The summed E-state index contributed by atoms with van der Waals surface area (Å²) >= 11 is 1.74. The van der Waals surface area contributed by atoms with E-state index in [2.05, 4.69) is 105 Å². The van der Waals surface area contributed by atoms with Gasteiger partial charge >= 0.3 is 41.9 Å². The van der Waals surface area contributed by atoms with Crippen LogP contribution in [0.5, 0.6) is 0 Å². The Hall–Kier alpha value is -1.31. The second-order valence-corrected chi connectivity index (χ2v) is 17.8. The Bertz CT molecular complexity index is 1370. The topological polar surface area (TPSA) is 0 Å². The van der Waals surface area contributed by atoms with E-state index < -0.39 is 0 Å². The Morgan fingerprint density at radius 3 is 2.06 bits per heavy atom. The molecule has 168 valence electrons. The molecule has 0 radical (unpaired) electrons. The molecule has 0 aromatic heterocycles. The zero-order valence-corrected chi connectivity index (χ0v) is 24.4. The van der Waals surface area contributed by atoms with Gasteiger partial charge < -0.3 is 24.8 Å². The largest absolute Gasteiger partial charge is 1.00 e. The molecule has 0 heterocycles. The van der Waals surface area contributed by atoms with Crippen molar-refractivity contribution in [2.24, 2.45) is 0 Å². The van der Waals surface area contributed by atoms with Crippen molar-refractivity contribution in [2.75, 3.05) is 0 Å².